The van der Waals surface area contributed by atoms with E-state index >= 15 is 0 Å². The minimum Gasteiger partial charge on any atom is -0.508 e. The highest BCUT2D eigenvalue weighted by molar-refractivity contribution is 5.52. The fourth-order valence-corrected chi connectivity index (χ4v) is 2.77. The molecule has 1 atom stereocenters. The maximum Gasteiger partial charge on any atom is 0.165 e. The topological polar surface area (TPSA) is 50.7 Å². The van der Waals surface area contributed by atoms with Crippen LogP contribution in [0.15, 0.2) is 12.1 Å². The maximum absolute atomic E-state index is 9.75. The van der Waals surface area contributed by atoms with Gasteiger partial charge in [-0.25, -0.2) is 0 Å². The van der Waals surface area contributed by atoms with Crippen LogP contribution in [0.4, 0.5) is 0 Å². The summed E-state index contributed by atoms with van der Waals surface area (Å²) in [5, 5.41) is 13.2. The van der Waals surface area contributed by atoms with Crippen molar-refractivity contribution in [2.45, 2.75) is 19.3 Å². The molecule has 0 amide bonds. The first kappa shape index (κ1) is 11.7. The average molecular weight is 249 g/mol. The summed E-state index contributed by atoms with van der Waals surface area (Å²) in [5.41, 5.74) is 1.07. The van der Waals surface area contributed by atoms with Crippen molar-refractivity contribution in [2.75, 3.05) is 26.3 Å². The zero-order valence-electron chi connectivity index (χ0n) is 10.4. The number of fused-ring (bicyclic) bond motifs is 1. The van der Waals surface area contributed by atoms with Gasteiger partial charge in [-0.05, 0) is 44.3 Å². The standard InChI is InChI=1S/C14H19NO3/c16-12-7-11(6-10-2-1-3-15-9-10)14-13(8-12)17-4-5-18-14/h7-8,10,15-16H,1-6,9H2. The number of hydrogen-bond acceptors (Lipinski definition) is 4. The van der Waals surface area contributed by atoms with Crippen LogP contribution in [0.2, 0.25) is 0 Å². The Morgan fingerprint density at radius 2 is 2.17 bits per heavy atom. The number of benzene rings is 1. The Kier molecular flexibility index (Phi) is 3.28. The molecule has 2 aliphatic heterocycles. The van der Waals surface area contributed by atoms with Crippen LogP contribution >= 0.6 is 0 Å². The van der Waals surface area contributed by atoms with E-state index in [1.54, 1.807) is 6.07 Å². The number of ether oxygens (including phenoxy) is 2. The van der Waals surface area contributed by atoms with E-state index in [1.165, 1.54) is 12.8 Å². The van der Waals surface area contributed by atoms with Crippen molar-refractivity contribution < 1.29 is 14.6 Å². The molecule has 0 bridgehead atoms. The molecule has 2 heterocycles. The Morgan fingerprint density at radius 3 is 3.00 bits per heavy atom. The monoisotopic (exact) mass is 249 g/mol. The Bertz CT molecular complexity index is 427. The van der Waals surface area contributed by atoms with E-state index in [1.807, 2.05) is 6.07 Å². The van der Waals surface area contributed by atoms with Crippen LogP contribution in [0.1, 0.15) is 18.4 Å². The molecule has 4 nitrogen and oxygen atoms in total. The lowest BCUT2D eigenvalue weighted by molar-refractivity contribution is 0.168. The zero-order valence-corrected chi connectivity index (χ0v) is 10.4. The van der Waals surface area contributed by atoms with E-state index in [9.17, 15) is 5.11 Å². The molecule has 1 fully saturated rings. The highest BCUT2D eigenvalue weighted by Gasteiger charge is 2.21. The van der Waals surface area contributed by atoms with Crippen LogP contribution in [0.5, 0.6) is 17.2 Å². The number of phenols is 1. The summed E-state index contributed by atoms with van der Waals surface area (Å²) < 4.78 is 11.2. The van der Waals surface area contributed by atoms with Gasteiger partial charge in [0.15, 0.2) is 11.5 Å². The van der Waals surface area contributed by atoms with Gasteiger partial charge in [0.1, 0.15) is 19.0 Å². The van der Waals surface area contributed by atoms with Gasteiger partial charge < -0.3 is 19.9 Å². The van der Waals surface area contributed by atoms with Gasteiger partial charge >= 0.3 is 0 Å². The summed E-state index contributed by atoms with van der Waals surface area (Å²) >= 11 is 0. The molecule has 1 unspecified atom stereocenters. The third-order valence-corrected chi connectivity index (χ3v) is 3.61. The second-order valence-corrected chi connectivity index (χ2v) is 5.05. The number of aromatic hydroxyl groups is 1. The molecule has 0 aliphatic carbocycles. The van der Waals surface area contributed by atoms with Gasteiger partial charge in [0.05, 0.1) is 0 Å². The molecule has 18 heavy (non-hydrogen) atoms. The Morgan fingerprint density at radius 1 is 1.28 bits per heavy atom. The molecular weight excluding hydrogens is 230 g/mol. The second-order valence-electron chi connectivity index (χ2n) is 5.05. The number of piperidine rings is 1. The van der Waals surface area contributed by atoms with Crippen LogP contribution in [-0.4, -0.2) is 31.4 Å². The maximum atomic E-state index is 9.75. The molecule has 0 aromatic heterocycles. The molecule has 0 saturated carbocycles. The van der Waals surface area contributed by atoms with Crippen LogP contribution in [-0.2, 0) is 6.42 Å². The van der Waals surface area contributed by atoms with Crippen molar-refractivity contribution >= 4 is 0 Å². The van der Waals surface area contributed by atoms with Gasteiger partial charge in [-0.15, -0.1) is 0 Å². The highest BCUT2D eigenvalue weighted by Crippen LogP contribution is 2.39. The van der Waals surface area contributed by atoms with Crippen LogP contribution in [0.3, 0.4) is 0 Å². The second kappa shape index (κ2) is 5.06. The molecule has 1 aromatic rings. The Balaban J connectivity index is 1.83. The number of nitrogens with one attached hydrogen (secondary N) is 1. The van der Waals surface area contributed by atoms with Gasteiger partial charge in [-0.2, -0.15) is 0 Å². The summed E-state index contributed by atoms with van der Waals surface area (Å²) in [5.74, 6) is 2.39. The quantitative estimate of drug-likeness (QED) is 0.837. The van der Waals surface area contributed by atoms with Gasteiger partial charge in [-0.3, -0.25) is 0 Å². The van der Waals surface area contributed by atoms with E-state index in [4.69, 9.17) is 9.47 Å². The van der Waals surface area contributed by atoms with Crippen molar-refractivity contribution in [3.63, 3.8) is 0 Å². The van der Waals surface area contributed by atoms with Crippen molar-refractivity contribution in [3.8, 4) is 17.2 Å². The van der Waals surface area contributed by atoms with Gasteiger partial charge in [0, 0.05) is 11.6 Å². The first-order valence-electron chi connectivity index (χ1n) is 6.65. The van der Waals surface area contributed by atoms with E-state index in [0.717, 1.165) is 30.8 Å². The van der Waals surface area contributed by atoms with Crippen molar-refractivity contribution in [1.29, 1.82) is 0 Å². The molecule has 0 spiro atoms. The Labute approximate surface area is 107 Å². The number of phenolic OH excluding ortho intramolecular Hbond substituents is 1. The van der Waals surface area contributed by atoms with Crippen molar-refractivity contribution in [2.24, 2.45) is 5.92 Å². The molecule has 2 N–H and O–H groups in total. The summed E-state index contributed by atoms with van der Waals surface area (Å²) in [6.07, 6.45) is 3.40. The Hall–Kier alpha value is -1.42. The van der Waals surface area contributed by atoms with Gasteiger partial charge in [0.25, 0.3) is 0 Å². The molecule has 4 heteroatoms. The molecule has 1 saturated heterocycles. The van der Waals surface area contributed by atoms with E-state index in [0.29, 0.717) is 24.9 Å². The molecule has 1 aromatic carbocycles. The number of rotatable bonds is 2. The van der Waals surface area contributed by atoms with Crippen molar-refractivity contribution in [1.82, 2.24) is 5.32 Å². The summed E-state index contributed by atoms with van der Waals surface area (Å²) in [6, 6.07) is 3.44. The molecule has 0 radical (unpaired) electrons. The summed E-state index contributed by atoms with van der Waals surface area (Å²) in [4.78, 5) is 0. The smallest absolute Gasteiger partial charge is 0.165 e. The normalized spacial score (nSPS) is 22.8. The SMILES string of the molecule is Oc1cc(CC2CCCNC2)c2c(c1)OCCO2. The third kappa shape index (κ3) is 2.38. The fourth-order valence-electron chi connectivity index (χ4n) is 2.77. The third-order valence-electron chi connectivity index (χ3n) is 3.61. The first-order chi connectivity index (χ1) is 8.83. The van der Waals surface area contributed by atoms with Crippen LogP contribution in [0, 0.1) is 5.92 Å². The van der Waals surface area contributed by atoms with Gasteiger partial charge in [0.2, 0.25) is 0 Å². The lowest BCUT2D eigenvalue weighted by atomic mass is 9.91. The predicted molar refractivity (Wildman–Crippen MR) is 68.4 cm³/mol. The summed E-state index contributed by atoms with van der Waals surface area (Å²) in [7, 11) is 0. The zero-order chi connectivity index (χ0) is 12.4. The lowest BCUT2D eigenvalue weighted by Crippen LogP contribution is -2.31. The van der Waals surface area contributed by atoms with Crippen LogP contribution < -0.4 is 14.8 Å². The predicted octanol–water partition coefficient (Wildman–Crippen LogP) is 1.71. The lowest BCUT2D eigenvalue weighted by Gasteiger charge is -2.26. The fraction of sp³-hybridized carbons (Fsp3) is 0.571. The molecule has 98 valence electrons. The first-order valence-corrected chi connectivity index (χ1v) is 6.65. The largest absolute Gasteiger partial charge is 0.508 e. The summed E-state index contributed by atoms with van der Waals surface area (Å²) in [6.45, 7) is 3.31. The minimum absolute atomic E-state index is 0.262. The molecule has 2 aliphatic rings. The highest BCUT2D eigenvalue weighted by atomic mass is 16.6. The molecular formula is C14H19NO3. The van der Waals surface area contributed by atoms with Crippen molar-refractivity contribution in [3.05, 3.63) is 17.7 Å². The van der Waals surface area contributed by atoms with E-state index in [2.05, 4.69) is 5.32 Å². The van der Waals surface area contributed by atoms with E-state index < -0.39 is 0 Å². The molecule has 3 rings (SSSR count). The average Bonchev–Trinajstić information content (AvgIpc) is 2.40. The minimum atomic E-state index is 0.262. The number of hydrogen-bond donors (Lipinski definition) is 2. The van der Waals surface area contributed by atoms with Gasteiger partial charge in [-0.1, -0.05) is 0 Å². The van der Waals surface area contributed by atoms with E-state index in [-0.39, 0.29) is 5.75 Å². The van der Waals surface area contributed by atoms with Crippen LogP contribution in [0.25, 0.3) is 0 Å².